The summed E-state index contributed by atoms with van der Waals surface area (Å²) >= 11 is 5.78. The van der Waals surface area contributed by atoms with Gasteiger partial charge in [-0.3, -0.25) is 4.98 Å². The molecule has 0 fully saturated rings. The molecule has 0 aliphatic rings. The van der Waals surface area contributed by atoms with Crippen molar-refractivity contribution in [2.45, 2.75) is 32.3 Å². The second-order valence-electron chi connectivity index (χ2n) is 16.6. The van der Waals surface area contributed by atoms with Crippen LogP contribution in [0.1, 0.15) is 33.5 Å². The Bertz CT molecular complexity index is 3210. The van der Waals surface area contributed by atoms with Crippen LogP contribution in [-0.4, -0.2) is 91.6 Å². The Labute approximate surface area is 390 Å². The number of hydrogen-bond donors (Lipinski definition) is 2. The molecule has 0 saturated heterocycles. The number of pyridine rings is 6. The largest absolute Gasteiger partial charge is 0.346 e. The summed E-state index contributed by atoms with van der Waals surface area (Å²) < 4.78 is 6.15. The Balaban J connectivity index is 0.000000125. The van der Waals surface area contributed by atoms with E-state index in [2.05, 4.69) is 130 Å². The predicted molar refractivity (Wildman–Crippen MR) is 270 cm³/mol. The monoisotopic (exact) mass is 899 g/mol. The van der Waals surface area contributed by atoms with E-state index in [1.54, 1.807) is 18.6 Å². The molecule has 2 N–H and O–H groups in total. The molecule has 0 aromatic carbocycles. The lowest BCUT2D eigenvalue weighted by Crippen LogP contribution is -2.10. The van der Waals surface area contributed by atoms with Crippen LogP contribution in [0.25, 0.3) is 55.2 Å². The average molecular weight is 901 g/mol. The SMILES string of the molecule is CN(C)Cc1c[nH]c2ncccc12.CN(C)Cc1cn(C)c2ncccc12.Cc1ccc(Cc2cn(C)c3ncccc23)cn1.Cn1cc(CCl)c2cccnc21.c1cnc2[nH]ccc2c1. The van der Waals surface area contributed by atoms with Gasteiger partial charge in [0.1, 0.15) is 28.2 Å². The van der Waals surface area contributed by atoms with Gasteiger partial charge in [-0.25, -0.2) is 24.9 Å². The van der Waals surface area contributed by atoms with Crippen molar-refractivity contribution in [3.63, 3.8) is 0 Å². The van der Waals surface area contributed by atoms with Crippen molar-refractivity contribution in [2.75, 3.05) is 28.2 Å². The van der Waals surface area contributed by atoms with Gasteiger partial charge >= 0.3 is 0 Å². The van der Waals surface area contributed by atoms with Crippen LogP contribution in [0.15, 0.2) is 147 Å². The summed E-state index contributed by atoms with van der Waals surface area (Å²) in [7, 11) is 14.3. The molecule has 0 bridgehead atoms. The van der Waals surface area contributed by atoms with Gasteiger partial charge < -0.3 is 33.5 Å². The minimum Gasteiger partial charge on any atom is -0.346 e. The number of nitrogens with one attached hydrogen (secondary N) is 2. The summed E-state index contributed by atoms with van der Waals surface area (Å²) in [5.74, 6) is 0.545. The van der Waals surface area contributed by atoms with E-state index in [9.17, 15) is 0 Å². The maximum absolute atomic E-state index is 5.78. The minimum atomic E-state index is 0.545. The number of aromatic amines is 2. The highest BCUT2D eigenvalue weighted by Crippen LogP contribution is 2.23. The van der Waals surface area contributed by atoms with E-state index in [4.69, 9.17) is 11.6 Å². The van der Waals surface area contributed by atoms with Crippen LogP contribution < -0.4 is 0 Å². The summed E-state index contributed by atoms with van der Waals surface area (Å²) in [5.41, 5.74) is 12.4. The lowest BCUT2D eigenvalue weighted by molar-refractivity contribution is 0.404. The highest BCUT2D eigenvalue weighted by molar-refractivity contribution is 6.18. The van der Waals surface area contributed by atoms with Crippen molar-refractivity contribution in [1.82, 2.24) is 63.4 Å². The Kier molecular flexibility index (Phi) is 15.7. The van der Waals surface area contributed by atoms with Gasteiger partial charge in [-0.15, -0.1) is 11.6 Å². The van der Waals surface area contributed by atoms with Gasteiger partial charge in [0.15, 0.2) is 0 Å². The molecule has 11 aromatic rings. The molecule has 66 heavy (non-hydrogen) atoms. The lowest BCUT2D eigenvalue weighted by Gasteiger charge is -2.07. The van der Waals surface area contributed by atoms with Crippen LogP contribution in [0, 0.1) is 6.92 Å². The normalized spacial score (nSPS) is 11.0. The molecule has 0 aliphatic heterocycles. The zero-order valence-electron chi connectivity index (χ0n) is 39.0. The van der Waals surface area contributed by atoms with E-state index in [0.29, 0.717) is 5.88 Å². The van der Waals surface area contributed by atoms with Crippen LogP contribution in [0.4, 0.5) is 0 Å². The summed E-state index contributed by atoms with van der Waals surface area (Å²) in [6.07, 6.45) is 22.1. The quantitative estimate of drug-likeness (QED) is 0.151. The summed E-state index contributed by atoms with van der Waals surface area (Å²) in [6, 6.07) is 26.4. The van der Waals surface area contributed by atoms with Gasteiger partial charge in [0.25, 0.3) is 0 Å². The third kappa shape index (κ3) is 11.7. The molecule has 0 saturated carbocycles. The number of rotatable bonds is 7. The van der Waals surface area contributed by atoms with Crippen LogP contribution in [0.3, 0.4) is 0 Å². The number of alkyl halides is 1. The number of aromatic nitrogens is 11. The van der Waals surface area contributed by atoms with Crippen molar-refractivity contribution in [3.8, 4) is 0 Å². The smallest absolute Gasteiger partial charge is 0.139 e. The molecule has 0 amide bonds. The zero-order chi connectivity index (χ0) is 46.6. The highest BCUT2D eigenvalue weighted by atomic mass is 35.5. The number of nitrogens with zero attached hydrogens (tertiary/aromatic N) is 11. The van der Waals surface area contributed by atoms with Crippen LogP contribution in [0.5, 0.6) is 0 Å². The van der Waals surface area contributed by atoms with E-state index < -0.39 is 0 Å². The van der Waals surface area contributed by atoms with Gasteiger partial charge in [-0.05, 0) is 136 Å². The standard InChI is InChI=1S/C15H15N3.C11H15N3.C10H13N3.C9H9ClN2.C7H6N2/c1-11-5-6-12(9-17-11)8-13-10-18(2)15-14(13)4-3-7-16-15;1-13(2)7-9-8-14(3)11-10(9)5-4-6-12-11;1-13(2)7-8-6-12-10-9(8)4-3-5-11-10;1-12-6-7(5-10)8-3-2-4-11-9(8)12;1-2-6-3-5-9-7(6)8-4-1/h3-7,9-10H,8H2,1-2H3;4-6,8H,7H2,1-3H3;3-6H,7H2,1-2H3,(H,11,12);2-4,6H,5H2,1H3;1-5H,(H,8,9). The van der Waals surface area contributed by atoms with Crippen molar-refractivity contribution in [3.05, 3.63) is 181 Å². The van der Waals surface area contributed by atoms with E-state index >= 15 is 0 Å². The molecule has 11 rings (SSSR count). The number of aryl methyl sites for hydroxylation is 4. The Morgan fingerprint density at radius 2 is 1.02 bits per heavy atom. The first kappa shape index (κ1) is 46.8. The second-order valence-corrected chi connectivity index (χ2v) is 16.9. The first-order chi connectivity index (χ1) is 32.0. The molecule has 14 heteroatoms. The zero-order valence-corrected chi connectivity index (χ0v) is 39.7. The number of halogens is 1. The van der Waals surface area contributed by atoms with Crippen molar-refractivity contribution < 1.29 is 0 Å². The lowest BCUT2D eigenvalue weighted by atomic mass is 10.1. The molecular weight excluding hydrogens is 842 g/mol. The third-order valence-electron chi connectivity index (χ3n) is 10.8. The van der Waals surface area contributed by atoms with Gasteiger partial charge in [-0.2, -0.15) is 0 Å². The molecule has 0 unspecified atom stereocenters. The second kappa shape index (κ2) is 22.1. The highest BCUT2D eigenvalue weighted by Gasteiger charge is 2.09. The topological polar surface area (TPSA) is 130 Å². The minimum absolute atomic E-state index is 0.545. The first-order valence-electron chi connectivity index (χ1n) is 21.7. The fourth-order valence-electron chi connectivity index (χ4n) is 7.78. The van der Waals surface area contributed by atoms with Gasteiger partial charge in [0.2, 0.25) is 0 Å². The summed E-state index contributed by atoms with van der Waals surface area (Å²) in [4.78, 5) is 36.2. The van der Waals surface area contributed by atoms with Crippen LogP contribution in [0.2, 0.25) is 0 Å². The number of hydrogen-bond acceptors (Lipinski definition) is 8. The average Bonchev–Trinajstić information content (AvgIpc) is 4.17. The molecule has 0 atom stereocenters. The summed E-state index contributed by atoms with van der Waals surface area (Å²) in [5, 5.41) is 6.01. The van der Waals surface area contributed by atoms with Gasteiger partial charge in [0.05, 0.1) is 0 Å². The molecule has 0 radical (unpaired) electrons. The first-order valence-corrected chi connectivity index (χ1v) is 22.2. The maximum atomic E-state index is 5.78. The summed E-state index contributed by atoms with van der Waals surface area (Å²) in [6.45, 7) is 3.92. The Morgan fingerprint density at radius 1 is 0.515 bits per heavy atom. The molecule has 338 valence electrons. The fraction of sp³-hybridized carbons (Fsp3) is 0.231. The van der Waals surface area contributed by atoms with Crippen molar-refractivity contribution in [1.29, 1.82) is 0 Å². The molecule has 0 aliphatic carbocycles. The van der Waals surface area contributed by atoms with E-state index in [0.717, 1.165) is 69.8 Å². The molecular formula is C52H58ClN13. The van der Waals surface area contributed by atoms with Crippen molar-refractivity contribution in [2.24, 2.45) is 21.1 Å². The fourth-order valence-corrected chi connectivity index (χ4v) is 8.00. The van der Waals surface area contributed by atoms with E-state index in [1.165, 1.54) is 38.4 Å². The van der Waals surface area contributed by atoms with Gasteiger partial charge in [0, 0.05) is 147 Å². The maximum Gasteiger partial charge on any atom is 0.139 e. The number of fused-ring (bicyclic) bond motifs is 5. The Morgan fingerprint density at radius 3 is 1.58 bits per heavy atom. The van der Waals surface area contributed by atoms with Crippen LogP contribution >= 0.6 is 11.6 Å². The number of H-pyrrole nitrogens is 2. The molecule has 11 heterocycles. The third-order valence-corrected chi connectivity index (χ3v) is 11.1. The molecule has 13 nitrogen and oxygen atoms in total. The van der Waals surface area contributed by atoms with E-state index in [1.807, 2.05) is 118 Å². The van der Waals surface area contributed by atoms with Crippen LogP contribution in [-0.2, 0) is 46.5 Å². The molecule has 11 aromatic heterocycles. The molecule has 0 spiro atoms. The Hall–Kier alpha value is -7.19. The predicted octanol–water partition coefficient (Wildman–Crippen LogP) is 10.0. The van der Waals surface area contributed by atoms with E-state index in [-0.39, 0.29) is 0 Å². The van der Waals surface area contributed by atoms with Crippen molar-refractivity contribution >= 4 is 66.8 Å². The van der Waals surface area contributed by atoms with Gasteiger partial charge in [-0.1, -0.05) is 6.07 Å².